The van der Waals surface area contributed by atoms with Crippen LogP contribution in [0.1, 0.15) is 0 Å². The van der Waals surface area contributed by atoms with Crippen LogP contribution in [0, 0.1) is 7.14 Å². The summed E-state index contributed by atoms with van der Waals surface area (Å²) >= 11 is -2.45. The van der Waals surface area contributed by atoms with Crippen LogP contribution < -0.4 is 4.74 Å². The molecule has 0 atom stereocenters. The van der Waals surface area contributed by atoms with E-state index in [2.05, 4.69) is 0 Å². The zero-order valence-electron chi connectivity index (χ0n) is 11.1. The molecule has 2 rings (SSSR count). The molecule has 0 saturated heterocycles. The molecule has 0 bridgehead atoms. The maximum atomic E-state index is 11.5. The van der Waals surface area contributed by atoms with Crippen LogP contribution in [0.4, 0.5) is 0 Å². The molecule has 2 aromatic carbocycles. The molecule has 2 aromatic rings. The van der Waals surface area contributed by atoms with Crippen molar-refractivity contribution in [2.45, 2.75) is 0 Å². The van der Waals surface area contributed by atoms with Crippen molar-refractivity contribution < 1.29 is 15.7 Å². The van der Waals surface area contributed by atoms with Crippen molar-refractivity contribution in [1.82, 2.24) is 0 Å². The average molecular weight is 406 g/mol. The Balaban J connectivity index is 2.40. The van der Waals surface area contributed by atoms with Gasteiger partial charge in [-0.15, -0.1) is 0 Å². The van der Waals surface area contributed by atoms with Crippen molar-refractivity contribution in [1.29, 1.82) is 0 Å². The van der Waals surface area contributed by atoms with E-state index in [1.54, 1.807) is 7.11 Å². The summed E-state index contributed by atoms with van der Waals surface area (Å²) in [7, 11) is -1.90. The molecule has 0 unspecified atom stereocenters. The number of ether oxygens (including phenoxy) is 1. The molecule has 0 amide bonds. The van der Waals surface area contributed by atoms with Crippen LogP contribution >= 0.6 is 20.2 Å². The Morgan fingerprint density at radius 2 is 1.45 bits per heavy atom. The standard InChI is InChI=1S/C14H15IO4S/c1-18-14-10-8-13(9-11-14)15(19-20(2,16)17)12-6-4-3-5-7-12/h3-11H,1-2H3. The zero-order valence-corrected chi connectivity index (χ0v) is 14.1. The third-order valence-corrected chi connectivity index (χ3v) is 9.45. The second-order valence-electron chi connectivity index (χ2n) is 3.97. The summed E-state index contributed by atoms with van der Waals surface area (Å²) in [6.45, 7) is 0. The van der Waals surface area contributed by atoms with Crippen molar-refractivity contribution in [2.75, 3.05) is 13.4 Å². The van der Waals surface area contributed by atoms with Crippen molar-refractivity contribution in [3.63, 3.8) is 0 Å². The monoisotopic (exact) mass is 406 g/mol. The first-order valence-corrected chi connectivity index (χ1v) is 10.6. The average Bonchev–Trinajstić information content (AvgIpc) is 2.45. The molecular formula is C14H15IO4S. The molecule has 108 valence electrons. The van der Waals surface area contributed by atoms with Crippen LogP contribution in [-0.4, -0.2) is 21.8 Å². The Morgan fingerprint density at radius 1 is 0.900 bits per heavy atom. The van der Waals surface area contributed by atoms with Gasteiger partial charge in [0.05, 0.1) is 0 Å². The van der Waals surface area contributed by atoms with Crippen molar-refractivity contribution >= 4 is 30.4 Å². The van der Waals surface area contributed by atoms with Crippen molar-refractivity contribution in [3.05, 3.63) is 61.7 Å². The summed E-state index contributed by atoms with van der Waals surface area (Å²) < 4.78 is 35.3. The summed E-state index contributed by atoms with van der Waals surface area (Å²) in [6, 6.07) is 16.8. The summed E-state index contributed by atoms with van der Waals surface area (Å²) in [5.41, 5.74) is 0. The normalized spacial score (nSPS) is 12.0. The fourth-order valence-corrected chi connectivity index (χ4v) is 7.91. The minimum atomic E-state index is -3.50. The summed E-state index contributed by atoms with van der Waals surface area (Å²) in [5.74, 6) is 0.733. The van der Waals surface area contributed by atoms with Gasteiger partial charge in [-0.25, -0.2) is 0 Å². The van der Waals surface area contributed by atoms with E-state index in [1.807, 2.05) is 54.6 Å². The second-order valence-corrected chi connectivity index (χ2v) is 10.5. The number of hydrogen-bond donors (Lipinski definition) is 0. The van der Waals surface area contributed by atoms with E-state index in [9.17, 15) is 8.42 Å². The Kier molecular flexibility index (Phi) is 5.00. The number of halogens is 1. The summed E-state index contributed by atoms with van der Waals surface area (Å²) in [5, 5.41) is 0. The number of rotatable bonds is 5. The van der Waals surface area contributed by atoms with Gasteiger partial charge in [-0.05, 0) is 0 Å². The van der Waals surface area contributed by atoms with Crippen LogP contribution in [0.2, 0.25) is 0 Å². The van der Waals surface area contributed by atoms with Crippen LogP contribution in [0.3, 0.4) is 0 Å². The molecule has 0 radical (unpaired) electrons. The Hall–Kier alpha value is -1.12. The molecule has 0 aromatic heterocycles. The predicted molar refractivity (Wildman–Crippen MR) is 86.8 cm³/mol. The minimum absolute atomic E-state index is 0.733. The van der Waals surface area contributed by atoms with Crippen LogP contribution in [-0.2, 0) is 12.6 Å². The van der Waals surface area contributed by atoms with Gasteiger partial charge in [0, 0.05) is 0 Å². The first kappa shape index (κ1) is 15.3. The van der Waals surface area contributed by atoms with Gasteiger partial charge >= 0.3 is 127 Å². The molecule has 0 spiro atoms. The third kappa shape index (κ3) is 4.19. The molecule has 0 saturated carbocycles. The van der Waals surface area contributed by atoms with Gasteiger partial charge in [-0.1, -0.05) is 0 Å². The van der Waals surface area contributed by atoms with E-state index >= 15 is 0 Å². The van der Waals surface area contributed by atoms with Gasteiger partial charge in [-0.3, -0.25) is 0 Å². The Bertz CT molecular complexity index is 653. The van der Waals surface area contributed by atoms with E-state index in [0.29, 0.717) is 0 Å². The van der Waals surface area contributed by atoms with Crippen LogP contribution in [0.15, 0.2) is 54.6 Å². The first-order valence-electron chi connectivity index (χ1n) is 5.78. The fourth-order valence-electron chi connectivity index (χ4n) is 1.53. The molecule has 0 heterocycles. The van der Waals surface area contributed by atoms with Gasteiger partial charge in [0.15, 0.2) is 0 Å². The summed E-state index contributed by atoms with van der Waals surface area (Å²) in [4.78, 5) is 0. The van der Waals surface area contributed by atoms with E-state index in [4.69, 9.17) is 7.25 Å². The Labute approximate surface area is 126 Å². The molecule has 0 N–H and O–H groups in total. The maximum absolute atomic E-state index is 11.5. The quantitative estimate of drug-likeness (QED) is 0.717. The number of benzene rings is 2. The predicted octanol–water partition coefficient (Wildman–Crippen LogP) is 3.13. The zero-order chi connectivity index (χ0) is 14.6. The van der Waals surface area contributed by atoms with Crippen molar-refractivity contribution in [3.8, 4) is 5.75 Å². The van der Waals surface area contributed by atoms with Crippen LogP contribution in [0.5, 0.6) is 5.75 Å². The molecular weight excluding hydrogens is 391 g/mol. The summed E-state index contributed by atoms with van der Waals surface area (Å²) in [6.07, 6.45) is 1.09. The van der Waals surface area contributed by atoms with Gasteiger partial charge in [0.1, 0.15) is 0 Å². The van der Waals surface area contributed by atoms with Crippen molar-refractivity contribution in [2.24, 2.45) is 0 Å². The fraction of sp³-hybridized carbons (Fsp3) is 0.143. The molecule has 0 fully saturated rings. The third-order valence-electron chi connectivity index (χ3n) is 2.36. The second kappa shape index (κ2) is 6.55. The van der Waals surface area contributed by atoms with E-state index < -0.39 is 30.4 Å². The molecule has 4 nitrogen and oxygen atoms in total. The van der Waals surface area contributed by atoms with Gasteiger partial charge < -0.3 is 0 Å². The van der Waals surface area contributed by atoms with E-state index in [0.717, 1.165) is 19.1 Å². The molecule has 0 aliphatic heterocycles. The Morgan fingerprint density at radius 3 is 1.95 bits per heavy atom. The van der Waals surface area contributed by atoms with Gasteiger partial charge in [0.2, 0.25) is 0 Å². The van der Waals surface area contributed by atoms with Crippen LogP contribution in [0.25, 0.3) is 0 Å². The first-order chi connectivity index (χ1) is 9.49. The number of hydrogen-bond acceptors (Lipinski definition) is 4. The number of methoxy groups -OCH3 is 1. The topological polar surface area (TPSA) is 52.6 Å². The molecule has 0 aliphatic carbocycles. The van der Waals surface area contributed by atoms with E-state index in [-0.39, 0.29) is 0 Å². The van der Waals surface area contributed by atoms with Gasteiger partial charge in [0.25, 0.3) is 0 Å². The van der Waals surface area contributed by atoms with Gasteiger partial charge in [-0.2, -0.15) is 0 Å². The molecule has 6 heteroatoms. The SMILES string of the molecule is COc1ccc(I(OS(C)(=O)=O)c2ccccc2)cc1. The van der Waals surface area contributed by atoms with E-state index in [1.165, 1.54) is 0 Å². The molecule has 0 aliphatic rings. The molecule has 20 heavy (non-hydrogen) atoms.